The molecule has 0 aliphatic heterocycles. The van der Waals surface area contributed by atoms with Crippen molar-refractivity contribution in [2.24, 2.45) is 0 Å². The van der Waals surface area contributed by atoms with E-state index in [1.165, 1.54) is 14.0 Å². The van der Waals surface area contributed by atoms with E-state index in [0.717, 1.165) is 36.2 Å². The number of anilines is 2. The summed E-state index contributed by atoms with van der Waals surface area (Å²) in [6, 6.07) is 14.4. The lowest BCUT2D eigenvalue weighted by Gasteiger charge is -2.12. The summed E-state index contributed by atoms with van der Waals surface area (Å²) in [5, 5.41) is 9.77. The number of fused-ring (bicyclic) bond motifs is 1. The van der Waals surface area contributed by atoms with Crippen LogP contribution in [0.3, 0.4) is 0 Å². The fourth-order valence-electron chi connectivity index (χ4n) is 3.86. The molecule has 33 heavy (non-hydrogen) atoms. The smallest absolute Gasteiger partial charge is 0.359 e. The Morgan fingerprint density at radius 1 is 1.06 bits per heavy atom. The van der Waals surface area contributed by atoms with Gasteiger partial charge in [-0.2, -0.15) is 5.10 Å². The Kier molecular flexibility index (Phi) is 6.39. The molecule has 3 aromatic rings. The van der Waals surface area contributed by atoms with Gasteiger partial charge in [-0.15, -0.1) is 0 Å². The maximum absolute atomic E-state index is 12.8. The Hall–Kier alpha value is -4.14. The van der Waals surface area contributed by atoms with Gasteiger partial charge >= 0.3 is 5.97 Å². The summed E-state index contributed by atoms with van der Waals surface area (Å²) in [5.74, 6) is -1.02. The largest absolute Gasteiger partial charge is 0.495 e. The minimum atomic E-state index is -0.642. The monoisotopic (exact) mass is 448 g/mol. The number of nitrogens with one attached hydrogen (secondary N) is 2. The van der Waals surface area contributed by atoms with E-state index in [0.29, 0.717) is 17.1 Å². The number of benzene rings is 2. The van der Waals surface area contributed by atoms with Crippen LogP contribution in [0.5, 0.6) is 5.75 Å². The maximum Gasteiger partial charge on any atom is 0.359 e. The summed E-state index contributed by atoms with van der Waals surface area (Å²) < 4.78 is 12.3. The van der Waals surface area contributed by atoms with Gasteiger partial charge in [-0.05, 0) is 49.6 Å². The molecule has 0 saturated carbocycles. The third-order valence-electron chi connectivity index (χ3n) is 5.25. The lowest BCUT2D eigenvalue weighted by molar-refractivity contribution is -0.119. The van der Waals surface area contributed by atoms with Crippen LogP contribution >= 0.6 is 0 Å². The maximum atomic E-state index is 12.8. The third kappa shape index (κ3) is 4.87. The number of ether oxygens (including phenoxy) is 2. The summed E-state index contributed by atoms with van der Waals surface area (Å²) in [6.45, 7) is 0.900. The number of carbonyl (C=O) groups excluding carboxylic acids is 3. The summed E-state index contributed by atoms with van der Waals surface area (Å²) in [5.41, 5.74) is 3.82. The van der Waals surface area contributed by atoms with Gasteiger partial charge in [0.1, 0.15) is 5.75 Å². The lowest BCUT2D eigenvalue weighted by Crippen LogP contribution is -2.22. The minimum Gasteiger partial charge on any atom is -0.495 e. The van der Waals surface area contributed by atoms with Crippen LogP contribution in [0.15, 0.2) is 48.5 Å². The molecule has 0 radical (unpaired) electrons. The van der Waals surface area contributed by atoms with E-state index in [1.54, 1.807) is 22.9 Å². The Morgan fingerprint density at radius 3 is 2.58 bits per heavy atom. The number of para-hydroxylation sites is 1. The van der Waals surface area contributed by atoms with E-state index >= 15 is 0 Å². The molecule has 9 heteroatoms. The van der Waals surface area contributed by atoms with Crippen LogP contribution in [0.1, 0.15) is 35.1 Å². The number of methoxy groups -OCH3 is 1. The first-order valence-electron chi connectivity index (χ1n) is 10.5. The average Bonchev–Trinajstić information content (AvgIpc) is 3.41. The second-order valence-corrected chi connectivity index (χ2v) is 7.60. The molecular formula is C24H24N4O5. The van der Waals surface area contributed by atoms with Gasteiger partial charge in [0.25, 0.3) is 5.91 Å². The molecule has 0 spiro atoms. The van der Waals surface area contributed by atoms with Crippen LogP contribution < -0.4 is 15.4 Å². The van der Waals surface area contributed by atoms with Crippen molar-refractivity contribution < 1.29 is 23.9 Å². The molecule has 1 aliphatic rings. The van der Waals surface area contributed by atoms with E-state index < -0.39 is 18.5 Å². The van der Waals surface area contributed by atoms with Gasteiger partial charge in [0, 0.05) is 23.9 Å². The fraction of sp³-hybridized carbons (Fsp3) is 0.250. The van der Waals surface area contributed by atoms with Crippen LogP contribution in [-0.4, -0.2) is 41.3 Å². The summed E-state index contributed by atoms with van der Waals surface area (Å²) in [4.78, 5) is 36.5. The van der Waals surface area contributed by atoms with Gasteiger partial charge in [0.05, 0.1) is 18.5 Å². The number of aromatic nitrogens is 2. The Morgan fingerprint density at radius 2 is 1.85 bits per heavy atom. The second kappa shape index (κ2) is 9.56. The number of esters is 1. The van der Waals surface area contributed by atoms with Gasteiger partial charge in [-0.1, -0.05) is 18.2 Å². The SMILES string of the molecule is COc1ccc(NC(C)=O)cc1NC(=O)COC(=O)c1nn(-c2ccccc2)c2c1CCC2. The van der Waals surface area contributed by atoms with E-state index in [2.05, 4.69) is 15.7 Å². The zero-order valence-electron chi connectivity index (χ0n) is 18.4. The van der Waals surface area contributed by atoms with Crippen molar-refractivity contribution in [3.63, 3.8) is 0 Å². The zero-order valence-corrected chi connectivity index (χ0v) is 18.4. The van der Waals surface area contributed by atoms with Crippen molar-refractivity contribution in [3.05, 3.63) is 65.5 Å². The van der Waals surface area contributed by atoms with E-state index in [4.69, 9.17) is 9.47 Å². The van der Waals surface area contributed by atoms with Crippen LogP contribution in [0, 0.1) is 0 Å². The minimum absolute atomic E-state index is 0.240. The van der Waals surface area contributed by atoms with E-state index in [1.807, 2.05) is 30.3 Å². The molecule has 2 aromatic carbocycles. The van der Waals surface area contributed by atoms with Gasteiger partial charge in [-0.3, -0.25) is 9.59 Å². The van der Waals surface area contributed by atoms with Gasteiger partial charge < -0.3 is 20.1 Å². The van der Waals surface area contributed by atoms with Crippen LogP contribution in [0.2, 0.25) is 0 Å². The van der Waals surface area contributed by atoms with Crippen molar-refractivity contribution in [1.82, 2.24) is 9.78 Å². The summed E-state index contributed by atoms with van der Waals surface area (Å²) in [6.07, 6.45) is 2.51. The fourth-order valence-corrected chi connectivity index (χ4v) is 3.86. The number of carbonyl (C=O) groups is 3. The number of hydrogen-bond donors (Lipinski definition) is 2. The normalized spacial score (nSPS) is 12.1. The molecule has 2 amide bonds. The molecule has 0 atom stereocenters. The molecule has 0 unspecified atom stereocenters. The van der Waals surface area contributed by atoms with E-state index in [-0.39, 0.29) is 11.6 Å². The molecule has 0 fully saturated rings. The second-order valence-electron chi connectivity index (χ2n) is 7.60. The molecule has 170 valence electrons. The highest BCUT2D eigenvalue weighted by Crippen LogP contribution is 2.29. The molecule has 1 aromatic heterocycles. The van der Waals surface area contributed by atoms with Gasteiger partial charge in [0.15, 0.2) is 12.3 Å². The Labute approximate surface area is 190 Å². The average molecular weight is 448 g/mol. The quantitative estimate of drug-likeness (QED) is 0.537. The molecule has 0 bridgehead atoms. The first kappa shape index (κ1) is 22.1. The highest BCUT2D eigenvalue weighted by molar-refractivity contribution is 5.97. The summed E-state index contributed by atoms with van der Waals surface area (Å²) >= 11 is 0. The van der Waals surface area contributed by atoms with Crippen molar-refractivity contribution in [2.75, 3.05) is 24.4 Å². The predicted octanol–water partition coefficient (Wildman–Crippen LogP) is 3.12. The van der Waals surface area contributed by atoms with Crippen molar-refractivity contribution in [2.45, 2.75) is 26.2 Å². The highest BCUT2D eigenvalue weighted by atomic mass is 16.5. The number of amides is 2. The first-order valence-corrected chi connectivity index (χ1v) is 10.5. The molecule has 9 nitrogen and oxygen atoms in total. The van der Waals surface area contributed by atoms with Crippen LogP contribution in [0.25, 0.3) is 5.69 Å². The standard InChI is InChI=1S/C24H24N4O5/c1-15(29)25-16-11-12-21(32-2)19(13-16)26-22(30)14-33-24(31)23-18-9-6-10-20(18)28(27-23)17-7-4-3-5-8-17/h3-5,7-8,11-13H,6,9-10,14H2,1-2H3,(H,25,29)(H,26,30). The van der Waals surface area contributed by atoms with E-state index in [9.17, 15) is 14.4 Å². The zero-order chi connectivity index (χ0) is 23.4. The van der Waals surface area contributed by atoms with Gasteiger partial charge in [0.2, 0.25) is 5.91 Å². The van der Waals surface area contributed by atoms with Gasteiger partial charge in [-0.25, -0.2) is 9.48 Å². The third-order valence-corrected chi connectivity index (χ3v) is 5.25. The topological polar surface area (TPSA) is 112 Å². The Bertz CT molecular complexity index is 1200. The van der Waals surface area contributed by atoms with Crippen LogP contribution in [0.4, 0.5) is 11.4 Å². The molecule has 1 aliphatic carbocycles. The molecule has 4 rings (SSSR count). The Balaban J connectivity index is 1.45. The van der Waals surface area contributed by atoms with Crippen molar-refractivity contribution in [1.29, 1.82) is 0 Å². The first-order chi connectivity index (χ1) is 16.0. The highest BCUT2D eigenvalue weighted by Gasteiger charge is 2.28. The van der Waals surface area contributed by atoms with Crippen molar-refractivity contribution in [3.8, 4) is 11.4 Å². The van der Waals surface area contributed by atoms with Crippen molar-refractivity contribution >= 4 is 29.2 Å². The number of hydrogen-bond acceptors (Lipinski definition) is 6. The molecule has 1 heterocycles. The summed E-state index contributed by atoms with van der Waals surface area (Å²) in [7, 11) is 1.47. The van der Waals surface area contributed by atoms with Crippen LogP contribution in [-0.2, 0) is 27.2 Å². The number of rotatable bonds is 7. The molecular weight excluding hydrogens is 424 g/mol. The molecule has 2 N–H and O–H groups in total. The predicted molar refractivity (Wildman–Crippen MR) is 122 cm³/mol. The molecule has 0 saturated heterocycles. The lowest BCUT2D eigenvalue weighted by atomic mass is 10.2. The number of nitrogens with zero attached hydrogens (tertiary/aromatic N) is 2.